The molecule has 43 heavy (non-hydrogen) atoms. The summed E-state index contributed by atoms with van der Waals surface area (Å²) in [4.78, 5) is 36.2. The Morgan fingerprint density at radius 3 is 2.60 bits per heavy atom. The molecule has 0 radical (unpaired) electrons. The van der Waals surface area contributed by atoms with E-state index in [2.05, 4.69) is 16.4 Å². The second kappa shape index (κ2) is 13.9. The van der Waals surface area contributed by atoms with Crippen LogP contribution in [0.15, 0.2) is 73.3 Å². The van der Waals surface area contributed by atoms with E-state index < -0.39 is 18.2 Å². The van der Waals surface area contributed by atoms with E-state index in [4.69, 9.17) is 15.5 Å². The van der Waals surface area contributed by atoms with Gasteiger partial charge in [0.1, 0.15) is 11.7 Å². The molecule has 3 N–H and O–H groups in total. The van der Waals surface area contributed by atoms with Crippen molar-refractivity contribution in [1.29, 1.82) is 5.26 Å². The van der Waals surface area contributed by atoms with E-state index in [1.807, 2.05) is 69.4 Å². The van der Waals surface area contributed by atoms with Gasteiger partial charge in [-0.3, -0.25) is 19.1 Å². The predicted molar refractivity (Wildman–Crippen MR) is 168 cm³/mol. The summed E-state index contributed by atoms with van der Waals surface area (Å²) >= 11 is 0. The quantitative estimate of drug-likeness (QED) is 0.184. The number of hydrogen-bond acceptors (Lipinski definition) is 8. The number of hydrogen-bond donors (Lipinski definition) is 2. The van der Waals surface area contributed by atoms with Crippen molar-refractivity contribution in [1.82, 2.24) is 19.4 Å². The molecule has 3 aromatic heterocycles. The number of amides is 1. The van der Waals surface area contributed by atoms with Crippen molar-refractivity contribution in [2.75, 3.05) is 26.0 Å². The van der Waals surface area contributed by atoms with E-state index in [1.165, 1.54) is 6.08 Å². The summed E-state index contributed by atoms with van der Waals surface area (Å²) < 4.78 is 7.55. The van der Waals surface area contributed by atoms with E-state index in [9.17, 15) is 14.9 Å². The van der Waals surface area contributed by atoms with Crippen LogP contribution < -0.4 is 11.1 Å². The first kappa shape index (κ1) is 31.1. The molecular formula is C33H37N7O3. The molecule has 1 aromatic carbocycles. The number of aromatic nitrogens is 3. The molecule has 0 saturated carbocycles. The van der Waals surface area contributed by atoms with Crippen molar-refractivity contribution in [3.63, 3.8) is 0 Å². The van der Waals surface area contributed by atoms with E-state index >= 15 is 0 Å². The van der Waals surface area contributed by atoms with Crippen LogP contribution in [0.25, 0.3) is 33.3 Å². The Kier molecular flexibility index (Phi) is 10.0. The highest BCUT2D eigenvalue weighted by Crippen LogP contribution is 2.35. The smallest absolute Gasteiger partial charge is 0.324 e. The summed E-state index contributed by atoms with van der Waals surface area (Å²) in [5.74, 6) is -0.470. The third-order valence-corrected chi connectivity index (χ3v) is 6.76. The number of carbonyl (C=O) groups is 2. The first-order valence-electron chi connectivity index (χ1n) is 14.1. The minimum absolute atomic E-state index is 0.247. The van der Waals surface area contributed by atoms with E-state index in [0.717, 1.165) is 27.6 Å². The molecule has 10 heteroatoms. The number of esters is 1. The monoisotopic (exact) mass is 579 g/mol. The maximum atomic E-state index is 12.7. The van der Waals surface area contributed by atoms with Crippen molar-refractivity contribution in [2.24, 2.45) is 11.7 Å². The van der Waals surface area contributed by atoms with E-state index in [0.29, 0.717) is 29.9 Å². The molecule has 0 spiro atoms. The van der Waals surface area contributed by atoms with Crippen molar-refractivity contribution < 1.29 is 14.3 Å². The van der Waals surface area contributed by atoms with Crippen LogP contribution in [-0.2, 0) is 14.3 Å². The number of nitriles is 1. The van der Waals surface area contributed by atoms with Gasteiger partial charge in [0.25, 0.3) is 0 Å². The maximum Gasteiger partial charge on any atom is 0.324 e. The van der Waals surface area contributed by atoms with Crippen molar-refractivity contribution >= 4 is 28.6 Å². The Morgan fingerprint density at radius 1 is 1.12 bits per heavy atom. The lowest BCUT2D eigenvalue weighted by Crippen LogP contribution is -2.34. The van der Waals surface area contributed by atoms with Crippen LogP contribution in [0.4, 0.5) is 5.69 Å². The molecule has 0 aliphatic rings. The minimum Gasteiger partial charge on any atom is -0.440 e. The number of rotatable bonds is 11. The van der Waals surface area contributed by atoms with Gasteiger partial charge in [0, 0.05) is 53.3 Å². The molecule has 0 fully saturated rings. The fraction of sp³-hybridized carbons (Fsp3) is 0.303. The number of pyridine rings is 2. The molecule has 222 valence electrons. The Labute approximate surface area is 251 Å². The number of ether oxygens (including phenoxy) is 1. The number of benzene rings is 1. The molecular weight excluding hydrogens is 542 g/mol. The predicted octanol–water partition coefficient (Wildman–Crippen LogP) is 5.13. The van der Waals surface area contributed by atoms with Crippen molar-refractivity contribution in [3.8, 4) is 28.3 Å². The van der Waals surface area contributed by atoms with Crippen LogP contribution in [0.5, 0.6) is 0 Å². The standard InChI is InChI=1S/C33H37N7O3/c1-21(2)12-30(35)33(42)43-22(3)40-20-29(24-9-6-8-23(13-24)16-34)28-15-26(18-37-32(28)40)25-14-27(19-36-17-25)38-31(41)10-7-11-39(4)5/h6-10,13-15,17-22,30H,11-12,35H2,1-5H3,(H,38,41)/b10-7+/t22?,30-/m0/s1. The lowest BCUT2D eigenvalue weighted by Gasteiger charge is -2.19. The Bertz CT molecular complexity index is 1680. The van der Waals surface area contributed by atoms with Gasteiger partial charge >= 0.3 is 5.97 Å². The third-order valence-electron chi connectivity index (χ3n) is 6.76. The number of fused-ring (bicyclic) bond motifs is 1. The summed E-state index contributed by atoms with van der Waals surface area (Å²) in [6.45, 7) is 6.43. The Hall–Kier alpha value is -4.85. The largest absolute Gasteiger partial charge is 0.440 e. The van der Waals surface area contributed by atoms with E-state index in [-0.39, 0.29) is 11.8 Å². The highest BCUT2D eigenvalue weighted by atomic mass is 16.6. The third kappa shape index (κ3) is 7.92. The van der Waals surface area contributed by atoms with Gasteiger partial charge in [-0.1, -0.05) is 32.1 Å². The number of nitrogens with zero attached hydrogens (tertiary/aromatic N) is 5. The molecule has 0 bridgehead atoms. The number of likely N-dealkylation sites (N-methyl/N-ethyl adjacent to an activating group) is 1. The highest BCUT2D eigenvalue weighted by Gasteiger charge is 2.23. The normalized spacial score (nSPS) is 12.9. The van der Waals surface area contributed by atoms with Gasteiger partial charge in [-0.05, 0) is 63.2 Å². The SMILES string of the molecule is CC(C)C[C@H](N)C(=O)OC(C)n1cc(-c2cccc(C#N)c2)c2cc(-c3cncc(NC(=O)/C=C/CN(C)C)c3)cnc21. The summed E-state index contributed by atoms with van der Waals surface area (Å²) in [7, 11) is 3.86. The summed E-state index contributed by atoms with van der Waals surface area (Å²) in [6, 6.07) is 12.6. The molecule has 4 aromatic rings. The molecule has 0 aliphatic carbocycles. The highest BCUT2D eigenvalue weighted by molar-refractivity contribution is 6.00. The fourth-order valence-corrected chi connectivity index (χ4v) is 4.69. The number of carbonyl (C=O) groups excluding carboxylic acids is 2. The van der Waals surface area contributed by atoms with Crippen LogP contribution in [0, 0.1) is 17.2 Å². The first-order valence-corrected chi connectivity index (χ1v) is 14.1. The van der Waals surface area contributed by atoms with Crippen LogP contribution in [0.3, 0.4) is 0 Å². The molecule has 10 nitrogen and oxygen atoms in total. The summed E-state index contributed by atoms with van der Waals surface area (Å²) in [5.41, 5.74) is 10.9. The lowest BCUT2D eigenvalue weighted by molar-refractivity contribution is -0.154. The molecule has 2 atom stereocenters. The van der Waals surface area contributed by atoms with Gasteiger partial charge in [0.2, 0.25) is 5.91 Å². The Balaban J connectivity index is 1.72. The zero-order valence-corrected chi connectivity index (χ0v) is 25.1. The molecule has 1 unspecified atom stereocenters. The van der Waals surface area contributed by atoms with Gasteiger partial charge in [-0.2, -0.15) is 5.26 Å². The Morgan fingerprint density at radius 2 is 1.88 bits per heavy atom. The fourth-order valence-electron chi connectivity index (χ4n) is 4.69. The van der Waals surface area contributed by atoms with Crippen LogP contribution in [0.1, 0.15) is 39.0 Å². The van der Waals surface area contributed by atoms with Gasteiger partial charge in [0.15, 0.2) is 6.23 Å². The maximum absolute atomic E-state index is 12.7. The van der Waals surface area contributed by atoms with E-state index in [1.54, 1.807) is 42.2 Å². The molecule has 1 amide bonds. The second-order valence-electron chi connectivity index (χ2n) is 11.1. The zero-order valence-electron chi connectivity index (χ0n) is 25.1. The van der Waals surface area contributed by atoms with Gasteiger partial charge in [0.05, 0.1) is 23.5 Å². The summed E-state index contributed by atoms with van der Waals surface area (Å²) in [6.07, 6.45) is 10.00. The molecule has 3 heterocycles. The minimum atomic E-state index is -0.723. The van der Waals surface area contributed by atoms with Crippen molar-refractivity contribution in [3.05, 3.63) is 78.9 Å². The topological polar surface area (TPSA) is 139 Å². The van der Waals surface area contributed by atoms with Gasteiger partial charge in [-0.25, -0.2) is 4.98 Å². The van der Waals surface area contributed by atoms with Gasteiger partial charge in [-0.15, -0.1) is 0 Å². The summed E-state index contributed by atoms with van der Waals surface area (Å²) in [5, 5.41) is 13.1. The van der Waals surface area contributed by atoms with Crippen LogP contribution in [0.2, 0.25) is 0 Å². The zero-order chi connectivity index (χ0) is 31.1. The number of anilines is 1. The average molecular weight is 580 g/mol. The first-order chi connectivity index (χ1) is 20.5. The molecule has 4 rings (SSSR count). The number of nitrogens with two attached hydrogens (primary N) is 1. The second-order valence-corrected chi connectivity index (χ2v) is 11.1. The number of nitrogens with one attached hydrogen (secondary N) is 1. The van der Waals surface area contributed by atoms with Gasteiger partial charge < -0.3 is 20.7 Å². The van der Waals surface area contributed by atoms with Crippen LogP contribution in [-0.4, -0.2) is 58.0 Å². The van der Waals surface area contributed by atoms with Crippen molar-refractivity contribution in [2.45, 2.75) is 39.5 Å². The molecule has 0 saturated heterocycles. The lowest BCUT2D eigenvalue weighted by atomic mass is 10.0. The van der Waals surface area contributed by atoms with Crippen LogP contribution >= 0.6 is 0 Å². The average Bonchev–Trinajstić information content (AvgIpc) is 3.36. The molecule has 0 aliphatic heterocycles.